The Kier molecular flexibility index (Phi) is 8.86. The molecule has 0 aromatic heterocycles. The van der Waals surface area contributed by atoms with E-state index in [1.165, 1.54) is 0 Å². The predicted octanol–water partition coefficient (Wildman–Crippen LogP) is 5.22. The Morgan fingerprint density at radius 3 is 2.64 bits per heavy atom. The van der Waals surface area contributed by atoms with Crippen LogP contribution < -0.4 is 20.2 Å². The Bertz CT molecular complexity index is 891. The van der Waals surface area contributed by atoms with E-state index in [1.54, 1.807) is 43.7 Å². The number of hydrazone groups is 1. The molecule has 148 valence electrons. The molecule has 0 fully saturated rings. The summed E-state index contributed by atoms with van der Waals surface area (Å²) in [5, 5.41) is 8.63. The molecule has 0 amide bonds. The average Bonchev–Trinajstić information content (AvgIpc) is 2.69. The summed E-state index contributed by atoms with van der Waals surface area (Å²) in [4.78, 5) is 0. The number of hydrogen-bond donors (Lipinski definition) is 2. The molecule has 0 aliphatic rings. The number of benzene rings is 2. The van der Waals surface area contributed by atoms with Gasteiger partial charge < -0.3 is 14.8 Å². The first kappa shape index (κ1) is 22.3. The number of nitrogens with one attached hydrogen (secondary N) is 2. The summed E-state index contributed by atoms with van der Waals surface area (Å²) in [5.41, 5.74) is 4.11. The lowest BCUT2D eigenvalue weighted by Gasteiger charge is -2.13. The van der Waals surface area contributed by atoms with E-state index in [4.69, 9.17) is 56.5 Å². The van der Waals surface area contributed by atoms with Crippen molar-refractivity contribution in [2.75, 3.05) is 13.7 Å². The van der Waals surface area contributed by atoms with Gasteiger partial charge in [-0.2, -0.15) is 5.10 Å². The topological polar surface area (TPSA) is 54.9 Å². The fraction of sp³-hybridized carbons (Fsp3) is 0.158. The number of rotatable bonds is 8. The van der Waals surface area contributed by atoms with Gasteiger partial charge in [0.05, 0.1) is 23.4 Å². The minimum atomic E-state index is 0.146. The summed E-state index contributed by atoms with van der Waals surface area (Å²) in [6.07, 6.45) is 3.31. The number of hydrogen-bond acceptors (Lipinski definition) is 4. The Morgan fingerprint density at radius 2 is 1.93 bits per heavy atom. The molecule has 0 aliphatic heterocycles. The van der Waals surface area contributed by atoms with E-state index in [0.29, 0.717) is 43.8 Å². The number of methoxy groups -OCH3 is 1. The summed E-state index contributed by atoms with van der Waals surface area (Å²) < 4.78 is 11.2. The third-order valence-electron chi connectivity index (χ3n) is 3.49. The molecule has 5 nitrogen and oxygen atoms in total. The summed E-state index contributed by atoms with van der Waals surface area (Å²) in [5.74, 6) is 1.06. The quantitative estimate of drug-likeness (QED) is 0.187. The smallest absolute Gasteiger partial charge is 0.187 e. The molecule has 9 heteroatoms. The van der Waals surface area contributed by atoms with Crippen LogP contribution in [0.3, 0.4) is 0 Å². The van der Waals surface area contributed by atoms with Crippen molar-refractivity contribution in [3.8, 4) is 11.5 Å². The lowest BCUT2D eigenvalue weighted by Crippen LogP contribution is -2.31. The minimum Gasteiger partial charge on any atom is -0.493 e. The monoisotopic (exact) mass is 457 g/mol. The molecule has 0 radical (unpaired) electrons. The van der Waals surface area contributed by atoms with Crippen molar-refractivity contribution in [2.45, 2.75) is 6.61 Å². The largest absolute Gasteiger partial charge is 0.493 e. The lowest BCUT2D eigenvalue weighted by atomic mass is 10.2. The van der Waals surface area contributed by atoms with Crippen LogP contribution in [0.15, 0.2) is 48.1 Å². The SMILES string of the molecule is C=CCNC(=S)N/N=C/c1ccc(OCc2c(Cl)ccc(Cl)c2Cl)c(OC)c1. The van der Waals surface area contributed by atoms with E-state index in [2.05, 4.69) is 22.4 Å². The highest BCUT2D eigenvalue weighted by molar-refractivity contribution is 7.80. The summed E-state index contributed by atoms with van der Waals surface area (Å²) in [7, 11) is 1.55. The fourth-order valence-corrected chi connectivity index (χ4v) is 2.90. The van der Waals surface area contributed by atoms with Crippen LogP contribution in [0.4, 0.5) is 0 Å². The third kappa shape index (κ3) is 6.27. The van der Waals surface area contributed by atoms with Crippen molar-refractivity contribution in [1.82, 2.24) is 10.7 Å². The predicted molar refractivity (Wildman–Crippen MR) is 120 cm³/mol. The van der Waals surface area contributed by atoms with Crippen LogP contribution in [0.2, 0.25) is 15.1 Å². The van der Waals surface area contributed by atoms with E-state index in [0.717, 1.165) is 5.56 Å². The lowest BCUT2D eigenvalue weighted by molar-refractivity contribution is 0.284. The second-order valence-corrected chi connectivity index (χ2v) is 6.99. The van der Waals surface area contributed by atoms with Crippen LogP contribution in [0, 0.1) is 0 Å². The molecule has 2 rings (SSSR count). The number of thiocarbonyl (C=S) groups is 1. The van der Waals surface area contributed by atoms with Gasteiger partial charge in [0.25, 0.3) is 0 Å². The van der Waals surface area contributed by atoms with Gasteiger partial charge in [0.2, 0.25) is 0 Å². The molecule has 2 aromatic carbocycles. The summed E-state index contributed by atoms with van der Waals surface area (Å²) >= 11 is 23.5. The first-order chi connectivity index (χ1) is 13.5. The van der Waals surface area contributed by atoms with Gasteiger partial charge in [0.1, 0.15) is 6.61 Å². The zero-order valence-corrected chi connectivity index (χ0v) is 18.1. The Labute approximate surface area is 184 Å². The minimum absolute atomic E-state index is 0.146. The van der Waals surface area contributed by atoms with Crippen LogP contribution in [-0.4, -0.2) is 25.0 Å². The molecule has 0 heterocycles. The van der Waals surface area contributed by atoms with Crippen molar-refractivity contribution in [1.29, 1.82) is 0 Å². The van der Waals surface area contributed by atoms with Gasteiger partial charge in [-0.15, -0.1) is 6.58 Å². The van der Waals surface area contributed by atoms with E-state index in [1.807, 2.05) is 6.07 Å². The van der Waals surface area contributed by atoms with Crippen molar-refractivity contribution < 1.29 is 9.47 Å². The number of ether oxygens (including phenoxy) is 2. The maximum absolute atomic E-state index is 6.21. The van der Waals surface area contributed by atoms with Gasteiger partial charge in [-0.05, 0) is 48.1 Å². The molecule has 0 saturated heterocycles. The first-order valence-electron chi connectivity index (χ1n) is 8.07. The van der Waals surface area contributed by atoms with Crippen LogP contribution in [0.25, 0.3) is 0 Å². The van der Waals surface area contributed by atoms with Crippen molar-refractivity contribution in [2.24, 2.45) is 5.10 Å². The molecule has 2 aromatic rings. The Balaban J connectivity index is 2.06. The van der Waals surface area contributed by atoms with E-state index in [9.17, 15) is 0 Å². The molecule has 0 aliphatic carbocycles. The molecular formula is C19H18Cl3N3O2S. The van der Waals surface area contributed by atoms with Crippen LogP contribution in [0.1, 0.15) is 11.1 Å². The van der Waals surface area contributed by atoms with Crippen LogP contribution in [0.5, 0.6) is 11.5 Å². The molecule has 0 spiro atoms. The van der Waals surface area contributed by atoms with E-state index < -0.39 is 0 Å². The van der Waals surface area contributed by atoms with Gasteiger partial charge >= 0.3 is 0 Å². The maximum atomic E-state index is 6.21. The summed E-state index contributed by atoms with van der Waals surface area (Å²) in [6.45, 7) is 4.30. The number of halogens is 3. The first-order valence-corrected chi connectivity index (χ1v) is 9.61. The van der Waals surface area contributed by atoms with Gasteiger partial charge in [-0.3, -0.25) is 5.43 Å². The highest BCUT2D eigenvalue weighted by Gasteiger charge is 2.12. The molecule has 0 unspecified atom stereocenters. The third-order valence-corrected chi connectivity index (χ3v) is 4.92. The average molecular weight is 459 g/mol. The van der Waals surface area contributed by atoms with Crippen molar-refractivity contribution in [3.63, 3.8) is 0 Å². The number of nitrogens with zero attached hydrogens (tertiary/aromatic N) is 1. The normalized spacial score (nSPS) is 10.6. The van der Waals surface area contributed by atoms with Gasteiger partial charge in [0, 0.05) is 17.1 Å². The van der Waals surface area contributed by atoms with Crippen LogP contribution in [-0.2, 0) is 6.61 Å². The van der Waals surface area contributed by atoms with Crippen LogP contribution >= 0.6 is 47.0 Å². The summed E-state index contributed by atoms with van der Waals surface area (Å²) in [6, 6.07) is 8.68. The molecule has 0 atom stereocenters. The molecule has 0 saturated carbocycles. The Morgan fingerprint density at radius 1 is 1.18 bits per heavy atom. The van der Waals surface area contributed by atoms with Crippen molar-refractivity contribution >= 4 is 58.3 Å². The highest BCUT2D eigenvalue weighted by atomic mass is 35.5. The van der Waals surface area contributed by atoms with Crippen molar-refractivity contribution in [3.05, 3.63) is 69.2 Å². The fourth-order valence-electron chi connectivity index (χ4n) is 2.10. The van der Waals surface area contributed by atoms with Gasteiger partial charge in [0.15, 0.2) is 16.6 Å². The molecular weight excluding hydrogens is 441 g/mol. The highest BCUT2D eigenvalue weighted by Crippen LogP contribution is 2.34. The van der Waals surface area contributed by atoms with E-state index >= 15 is 0 Å². The molecule has 0 bridgehead atoms. The zero-order valence-electron chi connectivity index (χ0n) is 15.0. The zero-order chi connectivity index (χ0) is 20.5. The maximum Gasteiger partial charge on any atom is 0.187 e. The van der Waals surface area contributed by atoms with Gasteiger partial charge in [-0.25, -0.2) is 0 Å². The second kappa shape index (κ2) is 11.1. The second-order valence-electron chi connectivity index (χ2n) is 5.39. The molecule has 2 N–H and O–H groups in total. The van der Waals surface area contributed by atoms with E-state index in [-0.39, 0.29) is 6.61 Å². The molecule has 28 heavy (non-hydrogen) atoms. The van der Waals surface area contributed by atoms with Gasteiger partial charge in [-0.1, -0.05) is 40.9 Å². The Hall–Kier alpha value is -1.99. The standard InChI is InChI=1S/C19H18Cl3N3O2S/c1-3-8-23-19(28)25-24-10-12-4-7-16(17(9-12)26-2)27-11-13-14(20)5-6-15(21)18(13)22/h3-7,9-10H,1,8,11H2,2H3,(H2,23,25,28)/b24-10+.